The zero-order valence-electron chi connectivity index (χ0n) is 7.34. The second-order valence-corrected chi connectivity index (χ2v) is 5.96. The Morgan fingerprint density at radius 1 is 1.53 bits per heavy atom. The molecule has 1 rings (SSSR count). The fourth-order valence-corrected chi connectivity index (χ4v) is 2.36. The minimum Gasteiger partial charge on any atom is -0.227 e. The minimum atomic E-state index is -4.27. The molecule has 8 heteroatoms. The summed E-state index contributed by atoms with van der Waals surface area (Å²) in [5.74, 6) is 0. The van der Waals surface area contributed by atoms with Gasteiger partial charge in [0.25, 0.3) is 15.5 Å². The Morgan fingerprint density at radius 2 is 2.07 bits per heavy atom. The first-order valence-electron chi connectivity index (χ1n) is 3.63. The van der Waals surface area contributed by atoms with Crippen LogP contribution in [0.1, 0.15) is 17.6 Å². The van der Waals surface area contributed by atoms with Gasteiger partial charge in [-0.1, -0.05) is 0 Å². The number of rotatable bonds is 2. The Morgan fingerprint density at radius 3 is 2.47 bits per heavy atom. The first-order chi connectivity index (χ1) is 6.73. The van der Waals surface area contributed by atoms with Crippen molar-refractivity contribution in [3.05, 3.63) is 21.8 Å². The predicted molar refractivity (Wildman–Crippen MR) is 54.7 cm³/mol. The van der Waals surface area contributed by atoms with E-state index in [1.54, 1.807) is 0 Å². The third-order valence-electron chi connectivity index (χ3n) is 1.61. The normalized spacial score (nSPS) is 12.1. The van der Waals surface area contributed by atoms with Gasteiger partial charge in [0.05, 0.1) is 5.56 Å². The first kappa shape index (κ1) is 12.8. The molecule has 1 heterocycles. The van der Waals surface area contributed by atoms with Gasteiger partial charge in [-0.15, -0.1) is 0 Å². The van der Waals surface area contributed by atoms with Crippen molar-refractivity contribution in [2.75, 3.05) is 0 Å². The van der Waals surface area contributed by atoms with Crippen molar-refractivity contribution in [2.45, 2.75) is 18.4 Å². The fraction of sp³-hybridized carbons (Fsp3) is 0.286. The molecule has 0 fully saturated rings. The molecule has 15 heavy (non-hydrogen) atoms. The van der Waals surface area contributed by atoms with Gasteiger partial charge in [-0.3, -0.25) is 0 Å². The molecule has 1 aromatic heterocycles. The molecule has 0 aliphatic carbocycles. The van der Waals surface area contributed by atoms with Crippen LogP contribution in [0.3, 0.4) is 0 Å². The third kappa shape index (κ3) is 2.85. The van der Waals surface area contributed by atoms with Gasteiger partial charge in [-0.25, -0.2) is 22.2 Å². The van der Waals surface area contributed by atoms with Crippen LogP contribution in [0.5, 0.6) is 0 Å². The van der Waals surface area contributed by atoms with Gasteiger partial charge in [-0.2, -0.15) is 0 Å². The molecule has 3 nitrogen and oxygen atoms in total. The molecule has 0 radical (unpaired) electrons. The van der Waals surface area contributed by atoms with Crippen LogP contribution in [-0.2, 0) is 9.05 Å². The van der Waals surface area contributed by atoms with Crippen LogP contribution < -0.4 is 0 Å². The highest BCUT2D eigenvalue weighted by Gasteiger charge is 2.24. The molecule has 0 spiro atoms. The van der Waals surface area contributed by atoms with Crippen LogP contribution in [0.4, 0.5) is 8.78 Å². The van der Waals surface area contributed by atoms with Gasteiger partial charge in [0.2, 0.25) is 0 Å². The topological polar surface area (TPSA) is 47.0 Å². The van der Waals surface area contributed by atoms with Gasteiger partial charge in [0, 0.05) is 10.7 Å². The number of halogens is 4. The minimum absolute atomic E-state index is 0.172. The molecule has 0 saturated heterocycles. The summed E-state index contributed by atoms with van der Waals surface area (Å²) in [4.78, 5) is 3.48. The van der Waals surface area contributed by atoms with Crippen LogP contribution in [0.25, 0.3) is 0 Å². The molecule has 84 valence electrons. The second kappa shape index (κ2) is 4.31. The zero-order valence-corrected chi connectivity index (χ0v) is 10.5. The fourth-order valence-electron chi connectivity index (χ4n) is 0.948. The van der Waals surface area contributed by atoms with E-state index in [2.05, 4.69) is 20.9 Å². The lowest BCUT2D eigenvalue weighted by molar-refractivity contribution is 0.147. The summed E-state index contributed by atoms with van der Waals surface area (Å²) >= 11 is 2.94. The van der Waals surface area contributed by atoms with Crippen molar-refractivity contribution in [2.24, 2.45) is 0 Å². The molecule has 0 bridgehead atoms. The quantitative estimate of drug-likeness (QED) is 0.621. The highest BCUT2D eigenvalue weighted by molar-refractivity contribution is 9.10. The van der Waals surface area contributed by atoms with Crippen molar-refractivity contribution in [1.29, 1.82) is 0 Å². The smallest absolute Gasteiger partial charge is 0.227 e. The zero-order chi connectivity index (χ0) is 11.8. The van der Waals surface area contributed by atoms with Crippen molar-refractivity contribution in [1.82, 2.24) is 4.98 Å². The molecule has 1 aromatic rings. The predicted octanol–water partition coefficient (Wildman–Crippen LogP) is 3.02. The van der Waals surface area contributed by atoms with Crippen molar-refractivity contribution in [3.63, 3.8) is 0 Å². The standard InChI is InChI=1S/C7H5BrClF2NO2S/c1-3-2-4(6(10)11)7(12-5(3)8)15(9,13)14/h2,6H,1H3. The Labute approximate surface area is 98.0 Å². The van der Waals surface area contributed by atoms with Crippen LogP contribution >= 0.6 is 26.6 Å². The maximum atomic E-state index is 12.5. The maximum Gasteiger partial charge on any atom is 0.279 e. The first-order valence-corrected chi connectivity index (χ1v) is 6.73. The molecule has 0 N–H and O–H groups in total. The Kier molecular flexibility index (Phi) is 3.67. The Balaban J connectivity index is 3.56. The number of pyridine rings is 1. The molecule has 0 aliphatic rings. The number of aromatic nitrogens is 1. The monoisotopic (exact) mass is 319 g/mol. The van der Waals surface area contributed by atoms with Gasteiger partial charge < -0.3 is 0 Å². The number of aryl methyl sites for hydroxylation is 1. The van der Waals surface area contributed by atoms with Crippen LogP contribution in [0.2, 0.25) is 0 Å². The number of hydrogen-bond donors (Lipinski definition) is 0. The molecular weight excluding hydrogens is 316 g/mol. The molecule has 0 aliphatic heterocycles. The third-order valence-corrected chi connectivity index (χ3v) is 3.64. The van der Waals surface area contributed by atoms with E-state index in [9.17, 15) is 17.2 Å². The van der Waals surface area contributed by atoms with E-state index in [1.807, 2.05) is 0 Å². The number of alkyl halides is 2. The van der Waals surface area contributed by atoms with Crippen LogP contribution in [-0.4, -0.2) is 13.4 Å². The molecule has 0 amide bonds. The maximum absolute atomic E-state index is 12.5. The van der Waals surface area contributed by atoms with Crippen molar-refractivity contribution >= 4 is 35.7 Å². The van der Waals surface area contributed by atoms with Crippen LogP contribution in [0.15, 0.2) is 15.7 Å². The van der Waals surface area contributed by atoms with E-state index < -0.39 is 26.1 Å². The van der Waals surface area contributed by atoms with E-state index in [0.717, 1.165) is 6.07 Å². The van der Waals surface area contributed by atoms with Crippen molar-refractivity contribution in [3.8, 4) is 0 Å². The lowest BCUT2D eigenvalue weighted by Gasteiger charge is -2.07. The largest absolute Gasteiger partial charge is 0.279 e. The number of nitrogens with zero attached hydrogens (tertiary/aromatic N) is 1. The lowest BCUT2D eigenvalue weighted by atomic mass is 10.2. The van der Waals surface area contributed by atoms with E-state index in [4.69, 9.17) is 10.7 Å². The van der Waals surface area contributed by atoms with E-state index >= 15 is 0 Å². The number of hydrogen-bond acceptors (Lipinski definition) is 3. The summed E-state index contributed by atoms with van der Waals surface area (Å²) in [6.07, 6.45) is -2.94. The van der Waals surface area contributed by atoms with Gasteiger partial charge in [0.15, 0.2) is 5.03 Å². The average Bonchev–Trinajstić information content (AvgIpc) is 2.06. The van der Waals surface area contributed by atoms with E-state index in [1.165, 1.54) is 6.92 Å². The molecule has 0 saturated carbocycles. The summed E-state index contributed by atoms with van der Waals surface area (Å²) < 4.78 is 47.1. The molecular formula is C7H5BrClF2NO2S. The lowest BCUT2D eigenvalue weighted by Crippen LogP contribution is -2.03. The highest BCUT2D eigenvalue weighted by atomic mass is 79.9. The van der Waals surface area contributed by atoms with Gasteiger partial charge in [-0.05, 0) is 34.5 Å². The summed E-state index contributed by atoms with van der Waals surface area (Å²) in [5.41, 5.74) is -0.278. The van der Waals surface area contributed by atoms with E-state index in [0.29, 0.717) is 5.56 Å². The van der Waals surface area contributed by atoms with Gasteiger partial charge in [0.1, 0.15) is 4.60 Å². The van der Waals surface area contributed by atoms with Crippen LogP contribution in [0, 0.1) is 6.92 Å². The van der Waals surface area contributed by atoms with E-state index in [-0.39, 0.29) is 4.60 Å². The summed E-state index contributed by atoms with van der Waals surface area (Å²) in [6, 6.07) is 1.04. The summed E-state index contributed by atoms with van der Waals surface area (Å²) in [5, 5.41) is -0.809. The highest BCUT2D eigenvalue weighted by Crippen LogP contribution is 2.30. The summed E-state index contributed by atoms with van der Waals surface area (Å²) in [6.45, 7) is 1.52. The second-order valence-electron chi connectivity index (χ2n) is 2.73. The van der Waals surface area contributed by atoms with Crippen molar-refractivity contribution < 1.29 is 17.2 Å². The molecule has 0 aromatic carbocycles. The van der Waals surface area contributed by atoms with Gasteiger partial charge >= 0.3 is 0 Å². The summed E-state index contributed by atoms with van der Waals surface area (Å²) in [7, 11) is 0.721. The molecule has 0 atom stereocenters. The SMILES string of the molecule is Cc1cc(C(F)F)c(S(=O)(=O)Cl)nc1Br. The Hall–Kier alpha value is -0.270. The molecule has 0 unspecified atom stereocenters. The Bertz CT molecular complexity index is 492. The average molecular weight is 321 g/mol.